The van der Waals surface area contributed by atoms with Crippen LogP contribution in [0.25, 0.3) is 0 Å². The van der Waals surface area contributed by atoms with Gasteiger partial charge in [-0.15, -0.1) is 0 Å². The number of hydrogen-bond acceptors (Lipinski definition) is 3. The Morgan fingerprint density at radius 3 is 2.59 bits per heavy atom. The molecule has 0 saturated carbocycles. The lowest BCUT2D eigenvalue weighted by Crippen LogP contribution is -1.94. The van der Waals surface area contributed by atoms with E-state index in [9.17, 15) is 5.11 Å². The van der Waals surface area contributed by atoms with Gasteiger partial charge < -0.3 is 5.11 Å². The molecule has 0 unspecified atom stereocenters. The second-order valence-electron chi connectivity index (χ2n) is 3.63. The van der Waals surface area contributed by atoms with E-state index in [1.807, 2.05) is 30.3 Å². The molecule has 1 heterocycles. The van der Waals surface area contributed by atoms with Crippen molar-refractivity contribution >= 4 is 27.7 Å². The lowest BCUT2D eigenvalue weighted by Gasteiger charge is -2.06. The van der Waals surface area contributed by atoms with Crippen LogP contribution in [0.2, 0.25) is 0 Å². The van der Waals surface area contributed by atoms with Crippen LogP contribution < -0.4 is 0 Å². The topological polar surface area (TPSA) is 33.1 Å². The van der Waals surface area contributed by atoms with Crippen LogP contribution in [-0.4, -0.2) is 10.1 Å². The first-order valence-electron chi connectivity index (χ1n) is 5.23. The maximum Gasteiger partial charge on any atom is 0.0931 e. The van der Waals surface area contributed by atoms with Crippen molar-refractivity contribution in [2.45, 2.75) is 22.8 Å². The Kier molecular flexibility index (Phi) is 4.20. The molecule has 0 saturated heterocycles. The predicted octanol–water partition coefficient (Wildman–Crippen LogP) is 4.05. The fourth-order valence-electron chi connectivity index (χ4n) is 1.35. The Hall–Kier alpha value is -0.840. The normalized spacial score (nSPS) is 12.4. The van der Waals surface area contributed by atoms with Gasteiger partial charge in [0.1, 0.15) is 0 Å². The lowest BCUT2D eigenvalue weighted by molar-refractivity contribution is 0.194. The molecule has 0 bridgehead atoms. The van der Waals surface area contributed by atoms with Gasteiger partial charge in [0.25, 0.3) is 0 Å². The van der Waals surface area contributed by atoms with Crippen molar-refractivity contribution in [1.82, 2.24) is 4.98 Å². The van der Waals surface area contributed by atoms with E-state index < -0.39 is 6.10 Å². The third kappa shape index (κ3) is 3.31. The minimum absolute atomic E-state index is 0.516. The summed E-state index contributed by atoms with van der Waals surface area (Å²) < 4.78 is 1.07. The highest BCUT2D eigenvalue weighted by molar-refractivity contribution is 9.10. The second kappa shape index (κ2) is 5.67. The number of aliphatic hydroxyl groups excluding tert-OH is 1. The summed E-state index contributed by atoms with van der Waals surface area (Å²) in [5.41, 5.74) is 0.696. The summed E-state index contributed by atoms with van der Waals surface area (Å²) in [6, 6.07) is 11.9. The largest absolute Gasteiger partial charge is 0.387 e. The molecule has 0 radical (unpaired) electrons. The highest BCUT2D eigenvalue weighted by Gasteiger charge is 2.04. The fourth-order valence-corrected chi connectivity index (χ4v) is 2.69. The molecule has 2 nitrogen and oxygen atoms in total. The molecule has 0 aliphatic carbocycles. The van der Waals surface area contributed by atoms with Crippen molar-refractivity contribution in [3.63, 3.8) is 0 Å². The zero-order valence-corrected chi connectivity index (χ0v) is 11.7. The number of aromatic nitrogens is 1. The number of nitrogens with zero attached hydrogens (tertiary/aromatic N) is 1. The number of aliphatic hydroxyl groups is 1. The van der Waals surface area contributed by atoms with Crippen molar-refractivity contribution in [2.75, 3.05) is 0 Å². The van der Waals surface area contributed by atoms with Gasteiger partial charge >= 0.3 is 0 Å². The zero-order valence-electron chi connectivity index (χ0n) is 9.30. The highest BCUT2D eigenvalue weighted by Crippen LogP contribution is 2.32. The average Bonchev–Trinajstić information content (AvgIpc) is 2.33. The van der Waals surface area contributed by atoms with Gasteiger partial charge in [-0.3, -0.25) is 4.98 Å². The van der Waals surface area contributed by atoms with Crippen LogP contribution >= 0.6 is 27.7 Å². The van der Waals surface area contributed by atoms with Crippen LogP contribution in [0.3, 0.4) is 0 Å². The molecule has 1 aromatic carbocycles. The summed E-state index contributed by atoms with van der Waals surface area (Å²) in [4.78, 5) is 6.43. The van der Waals surface area contributed by atoms with E-state index in [1.165, 1.54) is 0 Å². The predicted molar refractivity (Wildman–Crippen MR) is 73.1 cm³/mol. The standard InChI is InChI=1S/C13H12BrNOS/c1-9(16)12-7-6-10(8-15-12)17-13-5-3-2-4-11(13)14/h2-9,16H,1H3/t9-/m0/s1. The monoisotopic (exact) mass is 309 g/mol. The molecule has 0 fully saturated rings. The van der Waals surface area contributed by atoms with E-state index >= 15 is 0 Å². The van der Waals surface area contributed by atoms with Crippen molar-refractivity contribution in [1.29, 1.82) is 0 Å². The molecule has 1 aromatic heterocycles. The van der Waals surface area contributed by atoms with Crippen LogP contribution in [0.15, 0.2) is 56.9 Å². The summed E-state index contributed by atoms with van der Waals surface area (Å²) in [5, 5.41) is 9.37. The quantitative estimate of drug-likeness (QED) is 0.928. The van der Waals surface area contributed by atoms with Crippen molar-refractivity contribution in [3.8, 4) is 0 Å². The van der Waals surface area contributed by atoms with Crippen LogP contribution in [0.1, 0.15) is 18.7 Å². The molecule has 2 aromatic rings. The number of halogens is 1. The van der Waals surface area contributed by atoms with E-state index in [0.717, 1.165) is 14.3 Å². The molecule has 17 heavy (non-hydrogen) atoms. The highest BCUT2D eigenvalue weighted by atomic mass is 79.9. The Balaban J connectivity index is 2.17. The number of rotatable bonds is 3. The minimum Gasteiger partial charge on any atom is -0.387 e. The number of hydrogen-bond donors (Lipinski definition) is 1. The van der Waals surface area contributed by atoms with Gasteiger partial charge in [0.15, 0.2) is 0 Å². The number of benzene rings is 1. The average molecular weight is 310 g/mol. The van der Waals surface area contributed by atoms with Crippen molar-refractivity contribution in [2.24, 2.45) is 0 Å². The molecule has 4 heteroatoms. The van der Waals surface area contributed by atoms with E-state index in [1.54, 1.807) is 24.9 Å². The molecule has 1 atom stereocenters. The molecule has 88 valence electrons. The van der Waals surface area contributed by atoms with E-state index in [4.69, 9.17) is 0 Å². The maximum atomic E-state index is 9.37. The zero-order chi connectivity index (χ0) is 12.3. The summed E-state index contributed by atoms with van der Waals surface area (Å²) >= 11 is 5.15. The Morgan fingerprint density at radius 1 is 1.24 bits per heavy atom. The third-order valence-electron chi connectivity index (χ3n) is 2.25. The van der Waals surface area contributed by atoms with E-state index in [0.29, 0.717) is 5.69 Å². The molecule has 0 aliphatic heterocycles. The minimum atomic E-state index is -0.516. The van der Waals surface area contributed by atoms with Crippen LogP contribution in [0, 0.1) is 0 Å². The Bertz CT molecular complexity index is 499. The molecule has 2 rings (SSSR count). The second-order valence-corrected chi connectivity index (χ2v) is 5.60. The maximum absolute atomic E-state index is 9.37. The molecular formula is C13H12BrNOS. The Labute approximate surface area is 113 Å². The summed E-state index contributed by atoms with van der Waals surface area (Å²) in [6.45, 7) is 1.71. The molecule has 1 N–H and O–H groups in total. The van der Waals surface area contributed by atoms with Crippen molar-refractivity contribution < 1.29 is 5.11 Å². The lowest BCUT2D eigenvalue weighted by atomic mass is 10.2. The molecule has 0 amide bonds. The van der Waals surface area contributed by atoms with Crippen LogP contribution in [0.4, 0.5) is 0 Å². The van der Waals surface area contributed by atoms with Gasteiger partial charge in [-0.2, -0.15) is 0 Å². The summed E-state index contributed by atoms with van der Waals surface area (Å²) in [6.07, 6.45) is 1.27. The summed E-state index contributed by atoms with van der Waals surface area (Å²) in [5.74, 6) is 0. The summed E-state index contributed by atoms with van der Waals surface area (Å²) in [7, 11) is 0. The SMILES string of the molecule is C[C@H](O)c1ccc(Sc2ccccc2Br)cn1. The van der Waals surface area contributed by atoms with Crippen LogP contribution in [-0.2, 0) is 0 Å². The first-order chi connectivity index (χ1) is 8.16. The third-order valence-corrected chi connectivity index (χ3v) is 4.26. The molecular weight excluding hydrogens is 298 g/mol. The van der Waals surface area contributed by atoms with Gasteiger partial charge in [0, 0.05) is 20.5 Å². The smallest absolute Gasteiger partial charge is 0.0931 e. The Morgan fingerprint density at radius 2 is 2.00 bits per heavy atom. The van der Waals surface area contributed by atoms with Crippen molar-refractivity contribution in [3.05, 3.63) is 52.8 Å². The van der Waals surface area contributed by atoms with Gasteiger partial charge in [0.2, 0.25) is 0 Å². The van der Waals surface area contributed by atoms with E-state index in [-0.39, 0.29) is 0 Å². The molecule has 0 aliphatic rings. The van der Waals surface area contributed by atoms with Gasteiger partial charge in [-0.25, -0.2) is 0 Å². The van der Waals surface area contributed by atoms with Crippen LogP contribution in [0.5, 0.6) is 0 Å². The van der Waals surface area contributed by atoms with Gasteiger partial charge in [-0.1, -0.05) is 23.9 Å². The number of pyridine rings is 1. The first-order valence-corrected chi connectivity index (χ1v) is 6.84. The van der Waals surface area contributed by atoms with E-state index in [2.05, 4.69) is 27.0 Å². The van der Waals surface area contributed by atoms with Gasteiger partial charge in [0.05, 0.1) is 11.8 Å². The van der Waals surface area contributed by atoms with Gasteiger partial charge in [-0.05, 0) is 47.1 Å². The fraction of sp³-hybridized carbons (Fsp3) is 0.154. The first kappa shape index (κ1) is 12.6. The molecule has 0 spiro atoms.